The number of carbonyl (C=O) groups excluding carboxylic acids is 2. The second kappa shape index (κ2) is 8.43. The highest BCUT2D eigenvalue weighted by molar-refractivity contribution is 6.71. The van der Waals surface area contributed by atoms with Crippen LogP contribution in [-0.4, -0.2) is 42.1 Å². The van der Waals surface area contributed by atoms with Crippen molar-refractivity contribution in [2.24, 2.45) is 5.92 Å². The Bertz CT molecular complexity index is 583. The number of quaternary nitrogens is 1. The largest absolute Gasteiger partial charge is 0.634 e. The van der Waals surface area contributed by atoms with Gasteiger partial charge < -0.3 is 19.9 Å². The van der Waals surface area contributed by atoms with Crippen LogP contribution in [0, 0.1) is 5.92 Å². The monoisotopic (exact) mass is 414 g/mol. The number of hydrogen-bond donors (Lipinski definition) is 2. The summed E-state index contributed by atoms with van der Waals surface area (Å²) in [6, 6.07) is -0.208. The van der Waals surface area contributed by atoms with Crippen LogP contribution in [0.3, 0.4) is 0 Å². The molecule has 28 heavy (non-hydrogen) atoms. The Morgan fingerprint density at radius 3 is 2.61 bits per heavy atom. The Morgan fingerprint density at radius 1 is 1.36 bits per heavy atom. The van der Waals surface area contributed by atoms with Gasteiger partial charge in [0, 0.05) is 18.3 Å². The Labute approximate surface area is 173 Å². The molecule has 3 N–H and O–H groups in total. The van der Waals surface area contributed by atoms with Crippen LogP contribution in [0.4, 0.5) is 4.79 Å². The van der Waals surface area contributed by atoms with Gasteiger partial charge in [-0.05, 0) is 33.1 Å². The maximum Gasteiger partial charge on any atom is 0.407 e. The second-order valence-corrected chi connectivity index (χ2v) is 10.9. The third kappa shape index (κ3) is 4.96. The molecule has 160 valence electrons. The van der Waals surface area contributed by atoms with Gasteiger partial charge in [0.2, 0.25) is 0 Å². The molecule has 3 aliphatic rings. The van der Waals surface area contributed by atoms with Crippen molar-refractivity contribution in [3.05, 3.63) is 0 Å². The van der Waals surface area contributed by atoms with E-state index in [-0.39, 0.29) is 17.4 Å². The maximum atomic E-state index is 12.6. The molecule has 1 spiro atoms. The first-order chi connectivity index (χ1) is 13.1. The van der Waals surface area contributed by atoms with Crippen molar-refractivity contribution in [3.63, 3.8) is 0 Å². The summed E-state index contributed by atoms with van der Waals surface area (Å²) in [6.45, 7) is 7.12. The minimum Gasteiger partial charge on any atom is -0.634 e. The van der Waals surface area contributed by atoms with E-state index >= 15 is 0 Å². The van der Waals surface area contributed by atoms with Gasteiger partial charge in [-0.15, -0.1) is 11.6 Å². The van der Waals surface area contributed by atoms with Gasteiger partial charge in [-0.2, -0.15) is 0 Å². The molecule has 3 fully saturated rings. The van der Waals surface area contributed by atoms with Crippen molar-refractivity contribution in [3.8, 4) is 0 Å². The summed E-state index contributed by atoms with van der Waals surface area (Å²) >= 11 is 6.50. The molecule has 0 aromatic heterocycles. The first kappa shape index (κ1) is 21.8. The molecular weight excluding hydrogens is 378 g/mol. The van der Waals surface area contributed by atoms with Crippen molar-refractivity contribution in [2.75, 3.05) is 6.54 Å². The number of nitrogens with two attached hydrogens (primary N) is 1. The highest BCUT2D eigenvalue weighted by Gasteiger charge is 2.60. The Kier molecular flexibility index (Phi) is 6.55. The lowest BCUT2D eigenvalue weighted by Gasteiger charge is -2.52. The predicted molar refractivity (Wildman–Crippen MR) is 110 cm³/mol. The molecule has 0 radical (unpaired) electrons. The molecule has 2 bridgehead atoms. The smallest absolute Gasteiger partial charge is 0.407 e. The lowest BCUT2D eigenvalue weighted by molar-refractivity contribution is -0.560. The fraction of sp³-hybridized carbons (Fsp3) is 0.900. The number of nitrogens with one attached hydrogen (secondary N) is 1. The van der Waals surface area contributed by atoms with Crippen molar-refractivity contribution in [1.82, 2.24) is 5.32 Å². The number of alkyl carbamates (subject to hydrolysis) is 1. The van der Waals surface area contributed by atoms with Gasteiger partial charge in [-0.1, -0.05) is 50.7 Å². The Hall–Kier alpha value is -0.945. The van der Waals surface area contributed by atoms with Crippen LogP contribution in [0.2, 0.25) is 11.6 Å². The standard InChI is InChI=1S/C20H36BClN2O4/c1-13-10-14-6-5-7-15(11-13)21(14)24-17(18(25)28-21)12-16(22)8-9-23-19(26)27-20(2,3)4/h13-17H,5-12,24H2,1-4H3,(H,23,26). The zero-order chi connectivity index (χ0) is 20.5. The van der Waals surface area contributed by atoms with Crippen molar-refractivity contribution >= 4 is 30.1 Å². The molecule has 1 amide bonds. The van der Waals surface area contributed by atoms with E-state index in [9.17, 15) is 9.59 Å². The molecule has 3 heterocycles. The average molecular weight is 415 g/mol. The second-order valence-electron chi connectivity index (χ2n) is 10.3. The average Bonchev–Trinajstić information content (AvgIpc) is 2.84. The van der Waals surface area contributed by atoms with Crippen LogP contribution in [0.5, 0.6) is 0 Å². The molecule has 4 atom stereocenters. The Morgan fingerprint density at radius 2 is 2.00 bits per heavy atom. The van der Waals surface area contributed by atoms with Crippen molar-refractivity contribution in [2.45, 2.75) is 101 Å². The Balaban J connectivity index is 1.49. The van der Waals surface area contributed by atoms with E-state index < -0.39 is 18.2 Å². The fourth-order valence-electron chi connectivity index (χ4n) is 5.83. The van der Waals surface area contributed by atoms with Gasteiger partial charge in [0.1, 0.15) is 11.6 Å². The summed E-state index contributed by atoms with van der Waals surface area (Å²) < 4.78 is 11.4. The highest BCUT2D eigenvalue weighted by atomic mass is 35.5. The molecule has 8 heteroatoms. The van der Waals surface area contributed by atoms with Crippen molar-refractivity contribution in [1.29, 1.82) is 0 Å². The first-order valence-electron chi connectivity index (χ1n) is 11.0. The van der Waals surface area contributed by atoms with Gasteiger partial charge in [0.25, 0.3) is 0 Å². The van der Waals surface area contributed by atoms with Crippen LogP contribution in [0.15, 0.2) is 0 Å². The molecular formula is C20H36BClN2O4. The van der Waals surface area contributed by atoms with E-state index in [1.54, 1.807) is 0 Å². The minimum atomic E-state index is -1.14. The summed E-state index contributed by atoms with van der Waals surface area (Å²) in [5.41, 5.74) is -0.515. The molecule has 3 aliphatic heterocycles. The maximum absolute atomic E-state index is 12.6. The third-order valence-corrected chi connectivity index (χ3v) is 7.22. The summed E-state index contributed by atoms with van der Waals surface area (Å²) in [5, 5.41) is 4.81. The number of carbonyl (C=O) groups is 2. The van der Waals surface area contributed by atoms with Crippen LogP contribution < -0.4 is 10.5 Å². The number of alkyl halides is 1. The van der Waals surface area contributed by atoms with E-state index in [1.807, 2.05) is 20.8 Å². The topological polar surface area (TPSA) is 81.2 Å². The van der Waals surface area contributed by atoms with E-state index in [0.29, 0.717) is 31.0 Å². The highest BCUT2D eigenvalue weighted by Crippen LogP contribution is 2.53. The molecule has 4 unspecified atom stereocenters. The zero-order valence-corrected chi connectivity index (χ0v) is 18.5. The van der Waals surface area contributed by atoms with Crippen LogP contribution in [0.25, 0.3) is 0 Å². The van der Waals surface area contributed by atoms with Gasteiger partial charge in [0.05, 0.1) is 0 Å². The molecule has 6 nitrogen and oxygen atoms in total. The normalized spacial score (nSPS) is 36.1. The molecule has 3 saturated heterocycles. The number of rotatable bonds is 5. The summed E-state index contributed by atoms with van der Waals surface area (Å²) in [5.74, 6) is 1.70. The number of amides is 1. The van der Waals surface area contributed by atoms with Gasteiger partial charge in [-0.25, -0.2) is 4.79 Å². The lowest BCUT2D eigenvalue weighted by Crippen LogP contribution is -3.04. The van der Waals surface area contributed by atoms with Gasteiger partial charge in [-0.3, -0.25) is 4.79 Å². The van der Waals surface area contributed by atoms with Gasteiger partial charge in [0.15, 0.2) is 0 Å². The van der Waals surface area contributed by atoms with Crippen LogP contribution in [0.1, 0.15) is 72.6 Å². The van der Waals surface area contributed by atoms with Gasteiger partial charge >= 0.3 is 18.5 Å². The third-order valence-electron chi connectivity index (χ3n) is 6.83. The molecule has 0 aromatic rings. The molecule has 0 saturated carbocycles. The quantitative estimate of drug-likeness (QED) is 0.535. The van der Waals surface area contributed by atoms with Crippen LogP contribution in [-0.2, 0) is 14.2 Å². The summed E-state index contributed by atoms with van der Waals surface area (Å²) in [7, 11) is 0. The van der Waals surface area contributed by atoms with Crippen LogP contribution >= 0.6 is 11.6 Å². The first-order valence-corrected chi connectivity index (χ1v) is 11.4. The molecule has 0 aromatic carbocycles. The lowest BCUT2D eigenvalue weighted by atomic mass is 9.27. The van der Waals surface area contributed by atoms with E-state index in [2.05, 4.69) is 17.5 Å². The SMILES string of the molecule is CC1CC2CCCC(C1)[B-]21[NH2+]C(CC(Cl)CCNC(=O)OC(C)(C)C)C(=O)O1. The van der Waals surface area contributed by atoms with E-state index in [1.165, 1.54) is 32.1 Å². The van der Waals surface area contributed by atoms with E-state index in [4.69, 9.17) is 21.0 Å². The molecule has 3 rings (SSSR count). The number of halogens is 1. The number of hydrogen-bond acceptors (Lipinski definition) is 4. The summed E-state index contributed by atoms with van der Waals surface area (Å²) in [6.07, 6.45) is 6.72. The zero-order valence-electron chi connectivity index (χ0n) is 17.7. The van der Waals surface area contributed by atoms with Crippen molar-refractivity contribution < 1.29 is 24.2 Å². The number of ether oxygens (including phenoxy) is 1. The summed E-state index contributed by atoms with van der Waals surface area (Å²) in [4.78, 5) is 24.4. The molecule has 0 aliphatic carbocycles. The van der Waals surface area contributed by atoms with E-state index in [0.717, 1.165) is 5.92 Å². The minimum absolute atomic E-state index is 0.0859. The fourth-order valence-corrected chi connectivity index (χ4v) is 6.13. The predicted octanol–water partition coefficient (Wildman–Crippen LogP) is 3.18.